The second-order valence-corrected chi connectivity index (χ2v) is 9.04. The van der Waals surface area contributed by atoms with Crippen molar-refractivity contribution in [2.75, 3.05) is 28.7 Å². The van der Waals surface area contributed by atoms with Gasteiger partial charge in [0.15, 0.2) is 5.82 Å². The van der Waals surface area contributed by atoms with Gasteiger partial charge in [-0.15, -0.1) is 0 Å². The minimum absolute atomic E-state index is 0.0674. The van der Waals surface area contributed by atoms with Gasteiger partial charge in [0, 0.05) is 31.9 Å². The predicted octanol–water partition coefficient (Wildman–Crippen LogP) is 4.01. The molecule has 0 unspecified atom stereocenters. The second-order valence-electron chi connectivity index (χ2n) is 9.04. The zero-order valence-corrected chi connectivity index (χ0v) is 19.0. The minimum Gasteiger partial charge on any atom is -0.366 e. The molecule has 0 spiro atoms. The number of nitrogens with zero attached hydrogens (tertiary/aromatic N) is 5. The van der Waals surface area contributed by atoms with Crippen molar-refractivity contribution in [2.24, 2.45) is 0 Å². The van der Waals surface area contributed by atoms with E-state index in [4.69, 9.17) is 4.98 Å². The Kier molecular flexibility index (Phi) is 5.33. The lowest BCUT2D eigenvalue weighted by Gasteiger charge is -2.36. The van der Waals surface area contributed by atoms with E-state index in [-0.39, 0.29) is 11.9 Å². The molecule has 0 radical (unpaired) electrons. The van der Waals surface area contributed by atoms with Crippen LogP contribution in [0.4, 0.5) is 17.3 Å². The molecule has 166 valence electrons. The number of benzene rings is 1. The Morgan fingerprint density at radius 3 is 2.88 bits per heavy atom. The predicted molar refractivity (Wildman–Crippen MR) is 127 cm³/mol. The number of fused-ring (bicyclic) bond motifs is 3. The standard InChI is InChI=1S/C25H30N6O/c1-17(2)20-8-5-4-7-19(20)16-30-15-18(14-27-30)13-26-23-11-10-21-24(28-23)31-12-6-9-22(31)25(32)29(21)3/h4-5,7-8,10-11,14-15,17,22H,6,9,12-13,16H2,1-3H3,(H,26,28)/t22-/m0/s1. The van der Waals surface area contributed by atoms with Gasteiger partial charge in [-0.05, 0) is 42.0 Å². The van der Waals surface area contributed by atoms with Crippen molar-refractivity contribution in [1.29, 1.82) is 0 Å². The van der Waals surface area contributed by atoms with Gasteiger partial charge in [-0.25, -0.2) is 4.98 Å². The van der Waals surface area contributed by atoms with Gasteiger partial charge in [0.1, 0.15) is 11.9 Å². The molecular weight excluding hydrogens is 400 g/mol. The average molecular weight is 431 g/mol. The fraction of sp³-hybridized carbons (Fsp3) is 0.400. The molecule has 1 fully saturated rings. The molecule has 0 bridgehead atoms. The summed E-state index contributed by atoms with van der Waals surface area (Å²) in [5.74, 6) is 2.38. The first-order valence-corrected chi connectivity index (χ1v) is 11.4. The number of aromatic nitrogens is 3. The minimum atomic E-state index is -0.0674. The van der Waals surface area contributed by atoms with Crippen LogP contribution in [0.1, 0.15) is 49.3 Å². The van der Waals surface area contributed by atoms with Gasteiger partial charge in [0.05, 0.1) is 18.4 Å². The Hall–Kier alpha value is -3.35. The molecule has 5 rings (SSSR count). The third-order valence-corrected chi connectivity index (χ3v) is 6.53. The highest BCUT2D eigenvalue weighted by Crippen LogP contribution is 2.38. The van der Waals surface area contributed by atoms with Crippen LogP contribution >= 0.6 is 0 Å². The summed E-state index contributed by atoms with van der Waals surface area (Å²) >= 11 is 0. The molecule has 1 amide bonds. The first-order chi connectivity index (χ1) is 15.5. The largest absolute Gasteiger partial charge is 0.366 e. The second kappa shape index (κ2) is 8.30. The monoisotopic (exact) mass is 430 g/mol. The van der Waals surface area contributed by atoms with Crippen molar-refractivity contribution in [3.63, 3.8) is 0 Å². The third-order valence-electron chi connectivity index (χ3n) is 6.53. The van der Waals surface area contributed by atoms with Gasteiger partial charge in [-0.3, -0.25) is 9.48 Å². The molecule has 7 heteroatoms. The molecule has 2 aliphatic rings. The number of nitrogens with one attached hydrogen (secondary N) is 1. The van der Waals surface area contributed by atoms with Gasteiger partial charge in [0.2, 0.25) is 5.91 Å². The number of likely N-dealkylation sites (N-methyl/N-ethyl adjacent to an activating group) is 1. The number of pyridine rings is 1. The van der Waals surface area contributed by atoms with E-state index >= 15 is 0 Å². The number of hydrogen-bond acceptors (Lipinski definition) is 5. The van der Waals surface area contributed by atoms with Gasteiger partial charge in [-0.1, -0.05) is 38.1 Å². The van der Waals surface area contributed by atoms with Crippen LogP contribution < -0.4 is 15.1 Å². The van der Waals surface area contributed by atoms with Crippen molar-refractivity contribution < 1.29 is 4.79 Å². The number of rotatable bonds is 6. The van der Waals surface area contributed by atoms with Gasteiger partial charge >= 0.3 is 0 Å². The molecule has 1 N–H and O–H groups in total. The molecule has 2 aromatic heterocycles. The van der Waals surface area contributed by atoms with E-state index < -0.39 is 0 Å². The fourth-order valence-electron chi connectivity index (χ4n) is 4.82. The lowest BCUT2D eigenvalue weighted by atomic mass is 9.97. The first kappa shape index (κ1) is 20.5. The Labute approximate surface area is 189 Å². The zero-order valence-electron chi connectivity index (χ0n) is 19.0. The van der Waals surface area contributed by atoms with Crippen LogP contribution in [0.2, 0.25) is 0 Å². The normalized spacial score (nSPS) is 17.6. The first-order valence-electron chi connectivity index (χ1n) is 11.4. The van der Waals surface area contributed by atoms with Crippen LogP contribution in [-0.4, -0.2) is 40.3 Å². The number of amides is 1. The van der Waals surface area contributed by atoms with E-state index in [0.717, 1.165) is 48.8 Å². The third kappa shape index (κ3) is 3.72. The van der Waals surface area contributed by atoms with Crippen LogP contribution in [-0.2, 0) is 17.9 Å². The van der Waals surface area contributed by atoms with Crippen molar-refractivity contribution in [3.8, 4) is 0 Å². The molecular formula is C25H30N6O. The van der Waals surface area contributed by atoms with E-state index in [1.165, 1.54) is 11.1 Å². The highest BCUT2D eigenvalue weighted by atomic mass is 16.2. The van der Waals surface area contributed by atoms with E-state index in [1.54, 1.807) is 4.90 Å². The van der Waals surface area contributed by atoms with Crippen LogP contribution in [0, 0.1) is 0 Å². The lowest BCUT2D eigenvalue weighted by molar-refractivity contribution is -0.119. The van der Waals surface area contributed by atoms with E-state index in [2.05, 4.69) is 59.6 Å². The van der Waals surface area contributed by atoms with Crippen molar-refractivity contribution in [1.82, 2.24) is 14.8 Å². The molecule has 4 heterocycles. The molecule has 2 aliphatic heterocycles. The van der Waals surface area contributed by atoms with Crippen LogP contribution in [0.3, 0.4) is 0 Å². The topological polar surface area (TPSA) is 66.3 Å². The number of hydrogen-bond donors (Lipinski definition) is 1. The Bertz CT molecular complexity index is 1140. The number of carbonyl (C=O) groups excluding carboxylic acids is 1. The molecule has 1 atom stereocenters. The smallest absolute Gasteiger partial charge is 0.249 e. The van der Waals surface area contributed by atoms with E-state index in [9.17, 15) is 4.79 Å². The summed E-state index contributed by atoms with van der Waals surface area (Å²) in [6, 6.07) is 12.4. The fourth-order valence-corrected chi connectivity index (χ4v) is 4.82. The highest BCUT2D eigenvalue weighted by molar-refractivity contribution is 6.04. The quantitative estimate of drug-likeness (QED) is 0.640. The summed E-state index contributed by atoms with van der Waals surface area (Å²) in [4.78, 5) is 21.4. The summed E-state index contributed by atoms with van der Waals surface area (Å²) < 4.78 is 1.99. The Morgan fingerprint density at radius 1 is 1.19 bits per heavy atom. The maximum absolute atomic E-state index is 12.6. The lowest BCUT2D eigenvalue weighted by Crippen LogP contribution is -2.49. The molecule has 3 aromatic rings. The van der Waals surface area contributed by atoms with Crippen molar-refractivity contribution in [2.45, 2.75) is 51.7 Å². The van der Waals surface area contributed by atoms with Gasteiger partial charge in [-0.2, -0.15) is 5.10 Å². The molecule has 0 saturated carbocycles. The van der Waals surface area contributed by atoms with Gasteiger partial charge in [0.25, 0.3) is 0 Å². The van der Waals surface area contributed by atoms with E-state index in [0.29, 0.717) is 12.5 Å². The maximum Gasteiger partial charge on any atom is 0.249 e. The molecule has 0 aliphatic carbocycles. The van der Waals surface area contributed by atoms with Crippen LogP contribution in [0.5, 0.6) is 0 Å². The summed E-state index contributed by atoms with van der Waals surface area (Å²) in [5.41, 5.74) is 4.66. The van der Waals surface area contributed by atoms with Crippen molar-refractivity contribution >= 4 is 23.2 Å². The SMILES string of the molecule is CC(C)c1ccccc1Cn1cc(CNc2ccc3c(n2)N2CCC[C@H]2C(=O)N3C)cn1. The summed E-state index contributed by atoms with van der Waals surface area (Å²) in [6.07, 6.45) is 5.93. The molecule has 32 heavy (non-hydrogen) atoms. The molecule has 7 nitrogen and oxygen atoms in total. The summed E-state index contributed by atoms with van der Waals surface area (Å²) in [5, 5.41) is 7.99. The average Bonchev–Trinajstić information content (AvgIpc) is 3.46. The van der Waals surface area contributed by atoms with E-state index in [1.807, 2.05) is 30.1 Å². The summed E-state index contributed by atoms with van der Waals surface area (Å²) in [7, 11) is 1.84. The Balaban J connectivity index is 1.28. The van der Waals surface area contributed by atoms with Crippen LogP contribution in [0.15, 0.2) is 48.8 Å². The number of carbonyl (C=O) groups is 1. The summed E-state index contributed by atoms with van der Waals surface area (Å²) in [6.45, 7) is 6.75. The number of anilines is 3. The highest BCUT2D eigenvalue weighted by Gasteiger charge is 2.40. The molecule has 1 aromatic carbocycles. The Morgan fingerprint density at radius 2 is 2.03 bits per heavy atom. The van der Waals surface area contributed by atoms with Crippen LogP contribution in [0.25, 0.3) is 0 Å². The maximum atomic E-state index is 12.6. The van der Waals surface area contributed by atoms with Crippen molar-refractivity contribution in [3.05, 3.63) is 65.5 Å². The molecule has 1 saturated heterocycles. The zero-order chi connectivity index (χ0) is 22.2. The van der Waals surface area contributed by atoms with Gasteiger partial charge < -0.3 is 15.1 Å².